The van der Waals surface area contributed by atoms with Gasteiger partial charge < -0.3 is 11.1 Å². The van der Waals surface area contributed by atoms with Crippen molar-refractivity contribution in [1.82, 2.24) is 0 Å². The molecule has 3 N–H and O–H groups in total. The van der Waals surface area contributed by atoms with Gasteiger partial charge in [0.25, 0.3) is 5.91 Å². The Labute approximate surface area is 115 Å². The van der Waals surface area contributed by atoms with Crippen molar-refractivity contribution in [2.75, 3.05) is 11.1 Å². The number of nitrogen functional groups attached to an aromatic ring is 1. The van der Waals surface area contributed by atoms with Crippen LogP contribution in [0.4, 0.5) is 20.2 Å². The molecule has 0 saturated heterocycles. The number of hydrogen-bond acceptors (Lipinski definition) is 2. The highest BCUT2D eigenvalue weighted by Gasteiger charge is 2.18. The van der Waals surface area contributed by atoms with Crippen LogP contribution < -0.4 is 11.1 Å². The number of nitrogens with one attached hydrogen (secondary N) is 1. The molecule has 5 heteroatoms. The third-order valence-corrected chi connectivity index (χ3v) is 3.10. The van der Waals surface area contributed by atoms with Gasteiger partial charge in [0.2, 0.25) is 0 Å². The number of nitrogens with two attached hydrogens (primary N) is 1. The Morgan fingerprint density at radius 1 is 1.10 bits per heavy atom. The van der Waals surface area contributed by atoms with Crippen molar-refractivity contribution in [1.29, 1.82) is 0 Å². The largest absolute Gasteiger partial charge is 0.397 e. The molecule has 0 heterocycles. The molecule has 0 atom stereocenters. The minimum atomic E-state index is -0.912. The van der Waals surface area contributed by atoms with Crippen LogP contribution in [0, 0.1) is 25.5 Å². The van der Waals surface area contributed by atoms with E-state index in [0.717, 1.165) is 23.3 Å². The summed E-state index contributed by atoms with van der Waals surface area (Å²) in [6, 6.07) is 6.62. The molecule has 0 saturated carbocycles. The predicted octanol–water partition coefficient (Wildman–Crippen LogP) is 3.42. The predicted molar refractivity (Wildman–Crippen MR) is 74.6 cm³/mol. The minimum Gasteiger partial charge on any atom is -0.397 e. The van der Waals surface area contributed by atoms with E-state index in [2.05, 4.69) is 5.32 Å². The standard InChI is InChI=1S/C15H14F2N2O/c1-8-6-12(18)13(7-9(8)2)19-15(20)14-10(16)4-3-5-11(14)17/h3-7H,18H2,1-2H3,(H,19,20). The zero-order valence-corrected chi connectivity index (χ0v) is 11.1. The molecule has 0 aliphatic carbocycles. The number of rotatable bonds is 2. The van der Waals surface area contributed by atoms with Crippen molar-refractivity contribution in [3.8, 4) is 0 Å². The maximum atomic E-state index is 13.5. The van der Waals surface area contributed by atoms with E-state index in [-0.39, 0.29) is 0 Å². The summed E-state index contributed by atoms with van der Waals surface area (Å²) in [7, 11) is 0. The van der Waals surface area contributed by atoms with Gasteiger partial charge in [0.1, 0.15) is 17.2 Å². The van der Waals surface area contributed by atoms with Crippen molar-refractivity contribution in [3.63, 3.8) is 0 Å². The summed E-state index contributed by atoms with van der Waals surface area (Å²) in [4.78, 5) is 12.0. The van der Waals surface area contributed by atoms with Gasteiger partial charge in [-0.3, -0.25) is 4.79 Å². The monoisotopic (exact) mass is 276 g/mol. The van der Waals surface area contributed by atoms with Crippen molar-refractivity contribution < 1.29 is 13.6 Å². The Hall–Kier alpha value is -2.43. The average Bonchev–Trinajstić information content (AvgIpc) is 2.35. The summed E-state index contributed by atoms with van der Waals surface area (Å²) >= 11 is 0. The average molecular weight is 276 g/mol. The van der Waals surface area contributed by atoms with E-state index in [9.17, 15) is 13.6 Å². The lowest BCUT2D eigenvalue weighted by atomic mass is 10.1. The highest BCUT2D eigenvalue weighted by atomic mass is 19.1. The number of benzene rings is 2. The second kappa shape index (κ2) is 5.28. The van der Waals surface area contributed by atoms with E-state index >= 15 is 0 Å². The summed E-state index contributed by atoms with van der Waals surface area (Å²) in [5.41, 5.74) is 7.74. The first kappa shape index (κ1) is 14.0. The summed E-state index contributed by atoms with van der Waals surface area (Å²) < 4.78 is 27.0. The number of carbonyl (C=O) groups excluding carboxylic acids is 1. The SMILES string of the molecule is Cc1cc(N)c(NC(=O)c2c(F)cccc2F)cc1C. The maximum Gasteiger partial charge on any atom is 0.261 e. The molecule has 3 nitrogen and oxygen atoms in total. The topological polar surface area (TPSA) is 55.1 Å². The lowest BCUT2D eigenvalue weighted by Crippen LogP contribution is -2.17. The van der Waals surface area contributed by atoms with Crippen LogP contribution in [0.3, 0.4) is 0 Å². The smallest absolute Gasteiger partial charge is 0.261 e. The van der Waals surface area contributed by atoms with Crippen molar-refractivity contribution in [2.45, 2.75) is 13.8 Å². The second-order valence-corrected chi connectivity index (χ2v) is 4.57. The quantitative estimate of drug-likeness (QED) is 0.826. The molecule has 0 radical (unpaired) electrons. The molecule has 2 rings (SSSR count). The normalized spacial score (nSPS) is 10.4. The van der Waals surface area contributed by atoms with E-state index in [0.29, 0.717) is 11.4 Å². The van der Waals surface area contributed by atoms with Crippen LogP contribution in [-0.2, 0) is 0 Å². The van der Waals surface area contributed by atoms with E-state index < -0.39 is 23.1 Å². The number of aryl methyl sites for hydroxylation is 2. The van der Waals surface area contributed by atoms with Gasteiger partial charge >= 0.3 is 0 Å². The summed E-state index contributed by atoms with van der Waals surface area (Å²) in [6.45, 7) is 3.74. The van der Waals surface area contributed by atoms with Gasteiger partial charge in [0.05, 0.1) is 11.4 Å². The second-order valence-electron chi connectivity index (χ2n) is 4.57. The first-order chi connectivity index (χ1) is 9.40. The van der Waals surface area contributed by atoms with Crippen LogP contribution in [0.5, 0.6) is 0 Å². The molecular formula is C15H14F2N2O. The minimum absolute atomic E-state index is 0.334. The number of anilines is 2. The highest BCUT2D eigenvalue weighted by molar-refractivity contribution is 6.06. The molecule has 0 spiro atoms. The molecule has 0 bridgehead atoms. The first-order valence-corrected chi connectivity index (χ1v) is 6.02. The van der Waals surface area contributed by atoms with Crippen molar-refractivity contribution in [3.05, 3.63) is 58.7 Å². The van der Waals surface area contributed by atoms with Gasteiger partial charge in [-0.1, -0.05) is 6.07 Å². The first-order valence-electron chi connectivity index (χ1n) is 6.02. The van der Waals surface area contributed by atoms with E-state index in [1.807, 2.05) is 13.8 Å². The zero-order valence-electron chi connectivity index (χ0n) is 11.1. The lowest BCUT2D eigenvalue weighted by molar-refractivity contribution is 0.101. The van der Waals surface area contributed by atoms with Crippen LogP contribution in [0.15, 0.2) is 30.3 Å². The Balaban J connectivity index is 2.35. The Morgan fingerprint density at radius 2 is 1.65 bits per heavy atom. The van der Waals surface area contributed by atoms with Gasteiger partial charge in [-0.05, 0) is 49.2 Å². The molecular weight excluding hydrogens is 262 g/mol. The molecule has 0 fully saturated rings. The molecule has 104 valence electrons. The van der Waals surface area contributed by atoms with Gasteiger partial charge in [0, 0.05) is 0 Å². The van der Waals surface area contributed by atoms with E-state index in [4.69, 9.17) is 5.73 Å². The summed E-state index contributed by atoms with van der Waals surface area (Å²) in [6.07, 6.45) is 0. The van der Waals surface area contributed by atoms with Gasteiger partial charge in [-0.15, -0.1) is 0 Å². The number of amides is 1. The number of hydrogen-bond donors (Lipinski definition) is 2. The van der Waals surface area contributed by atoms with Crippen LogP contribution >= 0.6 is 0 Å². The van der Waals surface area contributed by atoms with Gasteiger partial charge in [-0.25, -0.2) is 8.78 Å². The van der Waals surface area contributed by atoms with Crippen LogP contribution in [0.25, 0.3) is 0 Å². The molecule has 0 aliphatic heterocycles. The van der Waals surface area contributed by atoms with Gasteiger partial charge in [0.15, 0.2) is 0 Å². The van der Waals surface area contributed by atoms with Crippen LogP contribution in [0.2, 0.25) is 0 Å². The van der Waals surface area contributed by atoms with E-state index in [1.165, 1.54) is 6.07 Å². The van der Waals surface area contributed by atoms with E-state index in [1.54, 1.807) is 12.1 Å². The zero-order chi connectivity index (χ0) is 14.9. The number of carbonyl (C=O) groups is 1. The Morgan fingerprint density at radius 3 is 2.25 bits per heavy atom. The fraction of sp³-hybridized carbons (Fsp3) is 0.133. The molecule has 2 aromatic rings. The van der Waals surface area contributed by atoms with Crippen LogP contribution in [-0.4, -0.2) is 5.91 Å². The fourth-order valence-corrected chi connectivity index (χ4v) is 1.85. The maximum absolute atomic E-state index is 13.5. The van der Waals surface area contributed by atoms with Gasteiger partial charge in [-0.2, -0.15) is 0 Å². The number of halogens is 2. The third-order valence-electron chi connectivity index (χ3n) is 3.10. The molecule has 2 aromatic carbocycles. The van der Waals surface area contributed by atoms with Crippen molar-refractivity contribution >= 4 is 17.3 Å². The highest BCUT2D eigenvalue weighted by Crippen LogP contribution is 2.24. The van der Waals surface area contributed by atoms with Crippen molar-refractivity contribution in [2.24, 2.45) is 0 Å². The summed E-state index contributed by atoms with van der Waals surface area (Å²) in [5, 5.41) is 2.43. The Bertz CT molecular complexity index is 664. The molecule has 0 aliphatic rings. The van der Waals surface area contributed by atoms with Crippen LogP contribution in [0.1, 0.15) is 21.5 Å². The summed E-state index contributed by atoms with van der Waals surface area (Å²) in [5.74, 6) is -2.69. The fourth-order valence-electron chi connectivity index (χ4n) is 1.85. The molecule has 20 heavy (non-hydrogen) atoms. The molecule has 1 amide bonds. The molecule has 0 unspecified atom stereocenters. The lowest BCUT2D eigenvalue weighted by Gasteiger charge is -2.11. The Kier molecular flexibility index (Phi) is 3.70. The molecule has 0 aromatic heterocycles. The third kappa shape index (κ3) is 2.61.